The van der Waals surface area contributed by atoms with E-state index in [-0.39, 0.29) is 18.6 Å². The Kier molecular flexibility index (Phi) is 3.58. The van der Waals surface area contributed by atoms with Crippen LogP contribution in [0.5, 0.6) is 0 Å². The molecule has 0 saturated carbocycles. The number of aliphatic hydroxyl groups excluding tert-OH is 1. The maximum absolute atomic E-state index is 12.2. The average molecular weight is 235 g/mol. The fraction of sp³-hybridized carbons (Fsp3) is 0.500. The Bertz CT molecular complexity index is 391. The highest BCUT2D eigenvalue weighted by Crippen LogP contribution is 2.19. The van der Waals surface area contributed by atoms with Crippen molar-refractivity contribution in [3.8, 4) is 0 Å². The topological polar surface area (TPSA) is 79.5 Å². The molecule has 1 amide bonds. The number of aromatic nitrogens is 1. The average Bonchev–Trinajstić information content (AvgIpc) is 2.39. The number of carbonyl (C=O) groups is 1. The van der Waals surface area contributed by atoms with Crippen LogP contribution in [0.3, 0.4) is 0 Å². The first-order valence-electron chi connectivity index (χ1n) is 5.85. The van der Waals surface area contributed by atoms with Crippen molar-refractivity contribution in [3.63, 3.8) is 0 Å². The molecule has 3 N–H and O–H groups in total. The van der Waals surface area contributed by atoms with Gasteiger partial charge in [0.25, 0.3) is 5.91 Å². The van der Waals surface area contributed by atoms with Crippen molar-refractivity contribution in [2.24, 2.45) is 0 Å². The van der Waals surface area contributed by atoms with E-state index in [0.29, 0.717) is 17.9 Å². The first-order valence-corrected chi connectivity index (χ1v) is 5.85. The molecule has 92 valence electrons. The molecule has 2 rings (SSSR count). The molecule has 1 unspecified atom stereocenters. The molecule has 17 heavy (non-hydrogen) atoms. The summed E-state index contributed by atoms with van der Waals surface area (Å²) in [5, 5.41) is 9.27. The maximum Gasteiger partial charge on any atom is 0.255 e. The molecule has 5 nitrogen and oxygen atoms in total. The van der Waals surface area contributed by atoms with Gasteiger partial charge in [-0.15, -0.1) is 0 Å². The zero-order chi connectivity index (χ0) is 12.3. The quantitative estimate of drug-likeness (QED) is 0.788. The van der Waals surface area contributed by atoms with Crippen LogP contribution in [0.25, 0.3) is 0 Å². The van der Waals surface area contributed by atoms with Crippen LogP contribution in [-0.2, 0) is 0 Å². The van der Waals surface area contributed by atoms with Gasteiger partial charge in [0.15, 0.2) is 0 Å². The minimum atomic E-state index is -0.0729. The Morgan fingerprint density at radius 3 is 3.00 bits per heavy atom. The number of pyridine rings is 1. The first-order chi connectivity index (χ1) is 8.22. The van der Waals surface area contributed by atoms with Crippen molar-refractivity contribution in [3.05, 3.63) is 23.9 Å². The predicted molar refractivity (Wildman–Crippen MR) is 64.4 cm³/mol. The number of anilines is 1. The molecule has 1 aliphatic heterocycles. The van der Waals surface area contributed by atoms with Crippen LogP contribution in [-0.4, -0.2) is 40.1 Å². The molecule has 0 bridgehead atoms. The highest BCUT2D eigenvalue weighted by molar-refractivity contribution is 5.94. The molecule has 0 aromatic carbocycles. The second kappa shape index (κ2) is 5.14. The molecule has 0 radical (unpaired) electrons. The lowest BCUT2D eigenvalue weighted by Gasteiger charge is -2.34. The van der Waals surface area contributed by atoms with E-state index < -0.39 is 0 Å². The molecule has 5 heteroatoms. The Balaban J connectivity index is 2.15. The highest BCUT2D eigenvalue weighted by Gasteiger charge is 2.26. The smallest absolute Gasteiger partial charge is 0.255 e. The van der Waals surface area contributed by atoms with Gasteiger partial charge < -0.3 is 15.7 Å². The van der Waals surface area contributed by atoms with Gasteiger partial charge in [-0.2, -0.15) is 0 Å². The van der Waals surface area contributed by atoms with Gasteiger partial charge in [0.05, 0.1) is 18.2 Å². The van der Waals surface area contributed by atoms with Crippen LogP contribution in [0.1, 0.15) is 29.6 Å². The number of hydrogen-bond donors (Lipinski definition) is 2. The minimum Gasteiger partial charge on any atom is -0.394 e. The molecule has 1 aromatic rings. The summed E-state index contributed by atoms with van der Waals surface area (Å²) in [6, 6.07) is 3.23. The van der Waals surface area contributed by atoms with Crippen molar-refractivity contribution in [2.45, 2.75) is 25.3 Å². The zero-order valence-electron chi connectivity index (χ0n) is 9.67. The van der Waals surface area contributed by atoms with Crippen LogP contribution in [0, 0.1) is 0 Å². The summed E-state index contributed by atoms with van der Waals surface area (Å²) >= 11 is 0. The van der Waals surface area contributed by atoms with Gasteiger partial charge in [-0.25, -0.2) is 4.98 Å². The van der Waals surface area contributed by atoms with Gasteiger partial charge in [-0.3, -0.25) is 4.79 Å². The van der Waals surface area contributed by atoms with Crippen LogP contribution in [0.2, 0.25) is 0 Å². The number of nitrogens with zero attached hydrogens (tertiary/aromatic N) is 2. The molecule has 1 atom stereocenters. The molecule has 1 fully saturated rings. The molecule has 1 saturated heterocycles. The second-order valence-electron chi connectivity index (χ2n) is 4.30. The van der Waals surface area contributed by atoms with Gasteiger partial charge in [-0.1, -0.05) is 0 Å². The van der Waals surface area contributed by atoms with Gasteiger partial charge in [-0.05, 0) is 31.4 Å². The van der Waals surface area contributed by atoms with Crippen molar-refractivity contribution in [1.82, 2.24) is 9.88 Å². The van der Waals surface area contributed by atoms with Crippen LogP contribution >= 0.6 is 0 Å². The third-order valence-electron chi connectivity index (χ3n) is 3.13. The van der Waals surface area contributed by atoms with E-state index in [0.717, 1.165) is 19.3 Å². The van der Waals surface area contributed by atoms with E-state index in [9.17, 15) is 9.90 Å². The van der Waals surface area contributed by atoms with Crippen molar-refractivity contribution >= 4 is 11.7 Å². The molecule has 0 aliphatic carbocycles. The summed E-state index contributed by atoms with van der Waals surface area (Å²) in [4.78, 5) is 17.9. The predicted octanol–water partition coefficient (Wildman–Crippen LogP) is 0.651. The fourth-order valence-electron chi connectivity index (χ4n) is 2.16. The Hall–Kier alpha value is -1.62. The molecule has 0 spiro atoms. The van der Waals surface area contributed by atoms with Crippen LogP contribution in [0.4, 0.5) is 5.82 Å². The monoisotopic (exact) mass is 235 g/mol. The molecule has 1 aliphatic rings. The van der Waals surface area contributed by atoms with Gasteiger partial charge in [0.2, 0.25) is 0 Å². The molecular weight excluding hydrogens is 218 g/mol. The third-order valence-corrected chi connectivity index (χ3v) is 3.13. The minimum absolute atomic E-state index is 0.0220. The number of amides is 1. The number of rotatable bonds is 2. The summed E-state index contributed by atoms with van der Waals surface area (Å²) < 4.78 is 0. The van der Waals surface area contributed by atoms with E-state index >= 15 is 0 Å². The Morgan fingerprint density at radius 1 is 1.53 bits per heavy atom. The number of piperidine rings is 1. The van der Waals surface area contributed by atoms with Gasteiger partial charge in [0, 0.05) is 12.7 Å². The number of aliphatic hydroxyl groups is 1. The summed E-state index contributed by atoms with van der Waals surface area (Å²) in [5.41, 5.74) is 6.01. The first kappa shape index (κ1) is 11.9. The summed E-state index contributed by atoms with van der Waals surface area (Å²) in [7, 11) is 0. The second-order valence-corrected chi connectivity index (χ2v) is 4.30. The zero-order valence-corrected chi connectivity index (χ0v) is 9.67. The lowest BCUT2D eigenvalue weighted by molar-refractivity contribution is 0.0502. The SMILES string of the molecule is Nc1ccc(C(=O)N2CCCCC2CO)cn1. The van der Waals surface area contributed by atoms with Crippen molar-refractivity contribution in [2.75, 3.05) is 18.9 Å². The standard InChI is InChI=1S/C12H17N3O2/c13-11-5-4-9(7-14-11)12(17)15-6-2-1-3-10(15)8-16/h4-5,7,10,16H,1-3,6,8H2,(H2,13,14). The normalized spacial score (nSPS) is 20.3. The number of nitrogen functional groups attached to an aromatic ring is 1. The van der Waals surface area contributed by atoms with E-state index in [4.69, 9.17) is 5.73 Å². The van der Waals surface area contributed by atoms with E-state index in [1.807, 2.05) is 0 Å². The number of nitrogens with two attached hydrogens (primary N) is 1. The Labute approximate surface area is 100 Å². The summed E-state index contributed by atoms with van der Waals surface area (Å²) in [5.74, 6) is 0.329. The highest BCUT2D eigenvalue weighted by atomic mass is 16.3. The van der Waals surface area contributed by atoms with Gasteiger partial charge in [0.1, 0.15) is 5.82 Å². The fourth-order valence-corrected chi connectivity index (χ4v) is 2.16. The lowest BCUT2D eigenvalue weighted by Crippen LogP contribution is -2.45. The van der Waals surface area contributed by atoms with E-state index in [1.165, 1.54) is 6.20 Å². The Morgan fingerprint density at radius 2 is 2.35 bits per heavy atom. The van der Waals surface area contributed by atoms with Crippen molar-refractivity contribution < 1.29 is 9.90 Å². The van der Waals surface area contributed by atoms with E-state index in [2.05, 4.69) is 4.98 Å². The van der Waals surface area contributed by atoms with Crippen molar-refractivity contribution in [1.29, 1.82) is 0 Å². The third kappa shape index (κ3) is 2.55. The molecule has 1 aromatic heterocycles. The van der Waals surface area contributed by atoms with E-state index in [1.54, 1.807) is 17.0 Å². The number of hydrogen-bond acceptors (Lipinski definition) is 4. The molecule has 2 heterocycles. The molecular formula is C12H17N3O2. The van der Waals surface area contributed by atoms with Crippen LogP contribution < -0.4 is 5.73 Å². The largest absolute Gasteiger partial charge is 0.394 e. The summed E-state index contributed by atoms with van der Waals surface area (Å²) in [6.07, 6.45) is 4.41. The summed E-state index contributed by atoms with van der Waals surface area (Å²) in [6.45, 7) is 0.725. The number of carbonyl (C=O) groups excluding carboxylic acids is 1. The van der Waals surface area contributed by atoms with Gasteiger partial charge >= 0.3 is 0 Å². The number of likely N-dealkylation sites (tertiary alicyclic amines) is 1. The van der Waals surface area contributed by atoms with Crippen LogP contribution in [0.15, 0.2) is 18.3 Å². The maximum atomic E-state index is 12.2. The lowest BCUT2D eigenvalue weighted by atomic mass is 10.0.